The Morgan fingerprint density at radius 1 is 1.07 bits per heavy atom. The Bertz CT molecular complexity index is 752. The van der Waals surface area contributed by atoms with Gasteiger partial charge in [-0.3, -0.25) is 9.78 Å². The van der Waals surface area contributed by atoms with Crippen LogP contribution in [0.5, 0.6) is 5.75 Å². The van der Waals surface area contributed by atoms with Gasteiger partial charge in [0.2, 0.25) is 5.91 Å². The van der Waals surface area contributed by atoms with Crippen LogP contribution in [0.2, 0.25) is 0 Å². The molecule has 1 aliphatic heterocycles. The summed E-state index contributed by atoms with van der Waals surface area (Å²) in [7, 11) is 2.05. The monoisotopic (exact) mass is 382 g/mol. The molecule has 0 spiro atoms. The van der Waals surface area contributed by atoms with Crippen LogP contribution in [0.4, 0.5) is 0 Å². The maximum Gasteiger partial charge on any atom is 0.222 e. The SMILES string of the molecule is CN1C(=O)CC[C@]2(C)[C@H]3CC[C@]4(C)[C@@H](Oc5cccnc5)CC[C@H]4[C@@H]3CC[C@@H]12. The van der Waals surface area contributed by atoms with E-state index in [1.54, 1.807) is 0 Å². The molecule has 1 amide bonds. The van der Waals surface area contributed by atoms with Crippen LogP contribution in [0.1, 0.15) is 65.2 Å². The molecule has 0 N–H and O–H groups in total. The van der Waals surface area contributed by atoms with Crippen LogP contribution in [0.25, 0.3) is 0 Å². The van der Waals surface area contributed by atoms with Crippen LogP contribution in [0, 0.1) is 28.6 Å². The van der Waals surface area contributed by atoms with Gasteiger partial charge < -0.3 is 9.64 Å². The maximum atomic E-state index is 12.3. The molecular weight excluding hydrogens is 348 g/mol. The zero-order valence-corrected chi connectivity index (χ0v) is 17.6. The lowest BCUT2D eigenvalue weighted by Crippen LogP contribution is -2.61. The summed E-state index contributed by atoms with van der Waals surface area (Å²) >= 11 is 0. The zero-order valence-electron chi connectivity index (χ0n) is 17.6. The van der Waals surface area contributed by atoms with Crippen molar-refractivity contribution >= 4 is 5.91 Å². The lowest BCUT2D eigenvalue weighted by atomic mass is 9.47. The molecule has 0 aromatic carbocycles. The van der Waals surface area contributed by atoms with Gasteiger partial charge in [0.25, 0.3) is 0 Å². The van der Waals surface area contributed by atoms with Crippen molar-refractivity contribution in [2.24, 2.45) is 28.6 Å². The minimum Gasteiger partial charge on any atom is -0.488 e. The Hall–Kier alpha value is -1.58. The Kier molecular flexibility index (Phi) is 4.26. The highest BCUT2D eigenvalue weighted by Gasteiger charge is 2.61. The van der Waals surface area contributed by atoms with E-state index in [9.17, 15) is 4.79 Å². The van der Waals surface area contributed by atoms with Crippen LogP contribution in [-0.2, 0) is 4.79 Å². The van der Waals surface area contributed by atoms with Gasteiger partial charge in [-0.25, -0.2) is 0 Å². The summed E-state index contributed by atoms with van der Waals surface area (Å²) in [5.74, 6) is 3.58. The fourth-order valence-electron chi connectivity index (χ4n) is 7.88. The van der Waals surface area contributed by atoms with Crippen molar-refractivity contribution in [2.75, 3.05) is 7.05 Å². The summed E-state index contributed by atoms with van der Waals surface area (Å²) in [6.45, 7) is 4.99. The number of likely N-dealkylation sites (tertiary alicyclic amines) is 1. The number of carbonyl (C=O) groups excluding carboxylic acids is 1. The standard InChI is InChI=1S/C24H34N2O2/c1-23-13-11-22(27)26(3)20(23)8-6-17-18-7-9-21(24(18,2)12-10-19(17)23)28-16-5-4-14-25-15-16/h4-5,14-15,17-21H,6-13H2,1-3H3/t17-,18-,19-,20+,21-,23+,24-/m0/s1. The lowest BCUT2D eigenvalue weighted by Gasteiger charge is -2.61. The van der Waals surface area contributed by atoms with E-state index in [1.807, 2.05) is 31.6 Å². The van der Waals surface area contributed by atoms with Gasteiger partial charge in [-0.05, 0) is 80.2 Å². The molecule has 0 unspecified atom stereocenters. The average Bonchev–Trinajstić information content (AvgIpc) is 3.02. The normalized spacial score (nSPS) is 45.2. The predicted molar refractivity (Wildman–Crippen MR) is 109 cm³/mol. The first-order valence-corrected chi connectivity index (χ1v) is 11.3. The summed E-state index contributed by atoms with van der Waals surface area (Å²) < 4.78 is 6.48. The number of carbonyl (C=O) groups is 1. The molecule has 7 atom stereocenters. The van der Waals surface area contributed by atoms with E-state index < -0.39 is 0 Å². The van der Waals surface area contributed by atoms with Crippen LogP contribution >= 0.6 is 0 Å². The largest absolute Gasteiger partial charge is 0.488 e. The van der Waals surface area contributed by atoms with Crippen molar-refractivity contribution in [3.63, 3.8) is 0 Å². The Labute approximate surface area is 169 Å². The third-order valence-corrected chi connectivity index (χ3v) is 9.38. The number of piperidine rings is 1. The van der Waals surface area contributed by atoms with Crippen molar-refractivity contribution in [3.8, 4) is 5.75 Å². The first-order valence-electron chi connectivity index (χ1n) is 11.3. The quantitative estimate of drug-likeness (QED) is 0.745. The molecule has 4 aliphatic rings. The molecule has 152 valence electrons. The number of ether oxygens (including phenoxy) is 1. The summed E-state index contributed by atoms with van der Waals surface area (Å²) in [5.41, 5.74) is 0.575. The minimum atomic E-state index is 0.274. The molecule has 3 aliphatic carbocycles. The van der Waals surface area contributed by atoms with Gasteiger partial charge in [0.15, 0.2) is 0 Å². The number of aromatic nitrogens is 1. The van der Waals surface area contributed by atoms with Crippen molar-refractivity contribution in [1.29, 1.82) is 0 Å². The molecule has 0 bridgehead atoms. The summed E-state index contributed by atoms with van der Waals surface area (Å²) in [4.78, 5) is 18.6. The molecule has 1 aromatic rings. The molecule has 4 heteroatoms. The fourth-order valence-corrected chi connectivity index (χ4v) is 7.88. The van der Waals surface area contributed by atoms with Crippen LogP contribution in [-0.4, -0.2) is 35.0 Å². The molecule has 28 heavy (non-hydrogen) atoms. The lowest BCUT2D eigenvalue weighted by molar-refractivity contribution is -0.159. The Morgan fingerprint density at radius 2 is 1.89 bits per heavy atom. The molecule has 4 fully saturated rings. The second-order valence-electron chi connectivity index (χ2n) is 10.4. The molecule has 0 radical (unpaired) electrons. The van der Waals surface area contributed by atoms with E-state index in [0.29, 0.717) is 23.5 Å². The van der Waals surface area contributed by atoms with E-state index >= 15 is 0 Å². The van der Waals surface area contributed by atoms with Crippen LogP contribution < -0.4 is 4.74 Å². The van der Waals surface area contributed by atoms with Crippen molar-refractivity contribution in [2.45, 2.75) is 77.4 Å². The van der Waals surface area contributed by atoms with Crippen molar-refractivity contribution in [3.05, 3.63) is 24.5 Å². The number of rotatable bonds is 2. The topological polar surface area (TPSA) is 42.4 Å². The van der Waals surface area contributed by atoms with Gasteiger partial charge in [0.05, 0.1) is 6.20 Å². The third-order valence-electron chi connectivity index (χ3n) is 9.38. The highest BCUT2D eigenvalue weighted by atomic mass is 16.5. The van der Waals surface area contributed by atoms with E-state index in [-0.39, 0.29) is 5.41 Å². The number of pyridine rings is 1. The van der Waals surface area contributed by atoms with Gasteiger partial charge in [-0.15, -0.1) is 0 Å². The molecular formula is C24H34N2O2. The predicted octanol–water partition coefficient (Wildman–Crippen LogP) is 4.69. The van der Waals surface area contributed by atoms with Gasteiger partial charge in [-0.2, -0.15) is 0 Å². The summed E-state index contributed by atoms with van der Waals surface area (Å²) in [6, 6.07) is 4.45. The van der Waals surface area contributed by atoms with E-state index in [1.165, 1.54) is 32.1 Å². The first kappa shape index (κ1) is 18.4. The molecule has 3 saturated carbocycles. The van der Waals surface area contributed by atoms with Gasteiger partial charge in [-0.1, -0.05) is 13.8 Å². The van der Waals surface area contributed by atoms with E-state index in [0.717, 1.165) is 42.8 Å². The summed E-state index contributed by atoms with van der Waals surface area (Å²) in [5, 5.41) is 0. The third kappa shape index (κ3) is 2.55. The summed E-state index contributed by atoms with van der Waals surface area (Å²) in [6.07, 6.45) is 13.3. The Balaban J connectivity index is 1.39. The van der Waals surface area contributed by atoms with E-state index in [4.69, 9.17) is 4.74 Å². The van der Waals surface area contributed by atoms with Gasteiger partial charge in [0, 0.05) is 31.1 Å². The number of hydrogen-bond donors (Lipinski definition) is 0. The number of nitrogens with zero attached hydrogens (tertiary/aromatic N) is 2. The fraction of sp³-hybridized carbons (Fsp3) is 0.750. The second-order valence-corrected chi connectivity index (χ2v) is 10.4. The highest BCUT2D eigenvalue weighted by Crippen LogP contribution is 2.65. The number of amides is 1. The smallest absolute Gasteiger partial charge is 0.222 e. The number of fused-ring (bicyclic) bond motifs is 5. The zero-order chi connectivity index (χ0) is 19.5. The van der Waals surface area contributed by atoms with Crippen molar-refractivity contribution < 1.29 is 9.53 Å². The van der Waals surface area contributed by atoms with Crippen LogP contribution in [0.3, 0.4) is 0 Å². The van der Waals surface area contributed by atoms with E-state index in [2.05, 4.69) is 23.7 Å². The van der Waals surface area contributed by atoms with Gasteiger partial charge >= 0.3 is 0 Å². The molecule has 4 nitrogen and oxygen atoms in total. The molecule has 1 aromatic heterocycles. The van der Waals surface area contributed by atoms with Crippen molar-refractivity contribution in [1.82, 2.24) is 9.88 Å². The molecule has 5 rings (SSSR count). The second kappa shape index (κ2) is 6.47. The minimum absolute atomic E-state index is 0.274. The number of hydrogen-bond acceptors (Lipinski definition) is 3. The highest BCUT2D eigenvalue weighted by molar-refractivity contribution is 5.77. The average molecular weight is 383 g/mol. The molecule has 2 heterocycles. The van der Waals surface area contributed by atoms with Crippen LogP contribution in [0.15, 0.2) is 24.5 Å². The Morgan fingerprint density at radius 3 is 2.68 bits per heavy atom. The van der Waals surface area contributed by atoms with Gasteiger partial charge in [0.1, 0.15) is 11.9 Å². The maximum absolute atomic E-state index is 12.3. The first-order chi connectivity index (χ1) is 13.4. The molecule has 1 saturated heterocycles.